The van der Waals surface area contributed by atoms with Crippen molar-refractivity contribution < 1.29 is 18.7 Å². The summed E-state index contributed by atoms with van der Waals surface area (Å²) in [6.07, 6.45) is 3.15. The molecule has 2 atom stereocenters. The summed E-state index contributed by atoms with van der Waals surface area (Å²) in [7, 11) is 1.51. The lowest BCUT2D eigenvalue weighted by molar-refractivity contribution is -0.120. The molecule has 3 aromatic carbocycles. The van der Waals surface area contributed by atoms with Crippen molar-refractivity contribution in [2.24, 2.45) is 5.92 Å². The summed E-state index contributed by atoms with van der Waals surface area (Å²) in [5, 5.41) is 6.16. The van der Waals surface area contributed by atoms with Gasteiger partial charge in [-0.15, -0.1) is 0 Å². The van der Waals surface area contributed by atoms with Gasteiger partial charge >= 0.3 is 0 Å². The fourth-order valence-corrected chi connectivity index (χ4v) is 4.77. The van der Waals surface area contributed by atoms with Crippen LogP contribution in [0.3, 0.4) is 0 Å². The Morgan fingerprint density at radius 3 is 2.58 bits per heavy atom. The molecule has 7 nitrogen and oxygen atoms in total. The number of hydrogen-bond acceptors (Lipinski definition) is 5. The first-order valence-electron chi connectivity index (χ1n) is 12.2. The molecule has 2 unspecified atom stereocenters. The highest BCUT2D eigenvalue weighted by Gasteiger charge is 2.38. The zero-order valence-electron chi connectivity index (χ0n) is 21.0. The number of rotatable bonds is 9. The minimum Gasteiger partial charge on any atom is -0.495 e. The zero-order valence-corrected chi connectivity index (χ0v) is 21.7. The van der Waals surface area contributed by atoms with E-state index in [1.54, 1.807) is 48.5 Å². The number of halogens is 2. The summed E-state index contributed by atoms with van der Waals surface area (Å²) in [5.74, 6) is -0.456. The van der Waals surface area contributed by atoms with Gasteiger partial charge in [-0.2, -0.15) is 0 Å². The number of nitrogen functional groups attached to an aromatic ring is 1. The van der Waals surface area contributed by atoms with Crippen molar-refractivity contribution in [2.75, 3.05) is 49.8 Å². The number of benzene rings is 3. The summed E-state index contributed by atoms with van der Waals surface area (Å²) in [4.78, 5) is 27.5. The number of methoxy groups -OCH3 is 1. The van der Waals surface area contributed by atoms with Crippen LogP contribution in [0.2, 0.25) is 5.02 Å². The fraction of sp³-hybridized carbons (Fsp3) is 0.241. The van der Waals surface area contributed by atoms with Crippen molar-refractivity contribution in [3.8, 4) is 5.75 Å². The molecule has 0 aromatic heterocycles. The largest absolute Gasteiger partial charge is 0.495 e. The predicted molar refractivity (Wildman–Crippen MR) is 150 cm³/mol. The summed E-state index contributed by atoms with van der Waals surface area (Å²) in [6.45, 7) is 0.824. The van der Waals surface area contributed by atoms with Gasteiger partial charge in [0.05, 0.1) is 29.4 Å². The molecule has 1 aliphatic heterocycles. The van der Waals surface area contributed by atoms with Gasteiger partial charge in [-0.25, -0.2) is 4.39 Å². The van der Waals surface area contributed by atoms with Gasteiger partial charge in [-0.3, -0.25) is 14.5 Å². The third kappa shape index (κ3) is 6.70. The number of hydrogen-bond donors (Lipinski definition) is 3. The second-order valence-corrected chi connectivity index (χ2v) is 9.48. The molecule has 1 fully saturated rings. The molecule has 4 rings (SSSR count). The Balaban J connectivity index is 1.45. The second kappa shape index (κ2) is 12.6. The Morgan fingerprint density at radius 2 is 1.87 bits per heavy atom. The van der Waals surface area contributed by atoms with E-state index >= 15 is 0 Å². The molecular weight excluding hydrogens is 507 g/mol. The number of likely N-dealkylation sites (tertiary alicyclic amines) is 1. The van der Waals surface area contributed by atoms with Crippen LogP contribution in [-0.2, 0) is 9.59 Å². The number of ether oxygens (including phenoxy) is 1. The van der Waals surface area contributed by atoms with Gasteiger partial charge in [0.15, 0.2) is 0 Å². The maximum Gasteiger partial charge on any atom is 0.248 e. The van der Waals surface area contributed by atoms with Gasteiger partial charge in [-0.1, -0.05) is 48.0 Å². The Labute approximate surface area is 226 Å². The number of para-hydroxylation sites is 2. The smallest absolute Gasteiger partial charge is 0.248 e. The van der Waals surface area contributed by atoms with Crippen LogP contribution >= 0.6 is 11.6 Å². The Hall–Kier alpha value is -3.88. The Kier molecular flexibility index (Phi) is 8.99. The van der Waals surface area contributed by atoms with Crippen LogP contribution in [-0.4, -0.2) is 50.1 Å². The summed E-state index contributed by atoms with van der Waals surface area (Å²) >= 11 is 6.10. The summed E-state index contributed by atoms with van der Waals surface area (Å²) < 4.78 is 18.4. The van der Waals surface area contributed by atoms with E-state index in [0.717, 1.165) is 11.1 Å². The Bertz CT molecular complexity index is 1320. The zero-order chi connectivity index (χ0) is 27.1. The number of nitrogens with zero attached hydrogens (tertiary/aromatic N) is 1. The molecule has 2 amide bonds. The lowest BCUT2D eigenvalue weighted by Crippen LogP contribution is -2.29. The van der Waals surface area contributed by atoms with Crippen LogP contribution in [0.15, 0.2) is 72.8 Å². The van der Waals surface area contributed by atoms with E-state index in [-0.39, 0.29) is 30.2 Å². The lowest BCUT2D eigenvalue weighted by atomic mass is 9.88. The van der Waals surface area contributed by atoms with Crippen LogP contribution in [0.1, 0.15) is 17.0 Å². The highest BCUT2D eigenvalue weighted by atomic mass is 35.5. The first kappa shape index (κ1) is 27.2. The van der Waals surface area contributed by atoms with Crippen molar-refractivity contribution in [1.82, 2.24) is 4.90 Å². The highest BCUT2D eigenvalue weighted by Crippen LogP contribution is 2.35. The van der Waals surface area contributed by atoms with Crippen molar-refractivity contribution in [3.63, 3.8) is 0 Å². The molecule has 3 aromatic rings. The van der Waals surface area contributed by atoms with E-state index < -0.39 is 6.67 Å². The Morgan fingerprint density at radius 1 is 1.11 bits per heavy atom. The van der Waals surface area contributed by atoms with Gasteiger partial charge in [-0.05, 0) is 41.5 Å². The van der Waals surface area contributed by atoms with Gasteiger partial charge in [0.2, 0.25) is 11.8 Å². The minimum atomic E-state index is -0.476. The van der Waals surface area contributed by atoms with Gasteiger partial charge in [0.25, 0.3) is 0 Å². The van der Waals surface area contributed by atoms with Crippen LogP contribution < -0.4 is 21.1 Å². The minimum absolute atomic E-state index is 0.113. The van der Waals surface area contributed by atoms with Crippen molar-refractivity contribution in [3.05, 3.63) is 89.0 Å². The average Bonchev–Trinajstić information content (AvgIpc) is 3.34. The number of alkyl halides is 1. The molecule has 4 N–H and O–H groups in total. The molecule has 0 spiro atoms. The normalized spacial score (nSPS) is 17.4. The van der Waals surface area contributed by atoms with Gasteiger partial charge < -0.3 is 21.1 Å². The first-order valence-corrected chi connectivity index (χ1v) is 12.6. The number of nitrogens with one attached hydrogen (secondary N) is 2. The molecule has 0 aliphatic carbocycles. The van der Waals surface area contributed by atoms with E-state index in [1.807, 2.05) is 29.2 Å². The average molecular weight is 537 g/mol. The number of carbonyl (C=O) groups is 2. The lowest BCUT2D eigenvalue weighted by Gasteiger charge is -2.19. The van der Waals surface area contributed by atoms with Crippen LogP contribution in [0.25, 0.3) is 6.08 Å². The molecule has 1 saturated heterocycles. The first-order chi connectivity index (χ1) is 18.4. The number of amides is 2. The van der Waals surface area contributed by atoms with Crippen LogP contribution in [0.5, 0.6) is 5.75 Å². The van der Waals surface area contributed by atoms with E-state index in [9.17, 15) is 14.0 Å². The van der Waals surface area contributed by atoms with Crippen molar-refractivity contribution >= 4 is 46.6 Å². The summed E-state index contributed by atoms with van der Waals surface area (Å²) in [6, 6.07) is 19.8. The molecule has 9 heteroatoms. The maximum atomic E-state index is 13.3. The molecule has 0 saturated carbocycles. The molecule has 1 aliphatic rings. The SMILES string of the molecule is COc1cc(NC(=O)C2CN(CCF)CC2c2ccc(C=CC(=O)Nc3ccccc3N)cc2)ccc1Cl. The standard InChI is InChI=1S/C29H30ClFN4O3/c1-38-27-16-21(11-12-24(27)30)33-29(37)23-18-35(15-14-31)17-22(23)20-9-6-19(7-10-20)8-13-28(36)34-26-5-3-2-4-25(26)32/h2-13,16,22-23H,14-15,17-18,32H2,1H3,(H,33,37)(H,34,36). The maximum absolute atomic E-state index is 13.3. The van der Waals surface area contributed by atoms with Gasteiger partial charge in [0, 0.05) is 43.4 Å². The number of nitrogens with two attached hydrogens (primary N) is 1. The van der Waals surface area contributed by atoms with Gasteiger partial charge in [0.1, 0.15) is 12.4 Å². The van der Waals surface area contributed by atoms with E-state index in [0.29, 0.717) is 40.9 Å². The molecular formula is C29H30ClFN4O3. The van der Waals surface area contributed by atoms with E-state index in [1.165, 1.54) is 13.2 Å². The topological polar surface area (TPSA) is 96.7 Å². The summed E-state index contributed by atoms with van der Waals surface area (Å²) in [5.41, 5.74) is 9.30. The van der Waals surface area contributed by atoms with Crippen molar-refractivity contribution in [1.29, 1.82) is 0 Å². The highest BCUT2D eigenvalue weighted by molar-refractivity contribution is 6.32. The monoisotopic (exact) mass is 536 g/mol. The van der Waals surface area contributed by atoms with Crippen LogP contribution in [0, 0.1) is 5.92 Å². The molecule has 198 valence electrons. The quantitative estimate of drug-likeness (QED) is 0.258. The third-order valence-electron chi connectivity index (χ3n) is 6.56. The van der Waals surface area contributed by atoms with E-state index in [2.05, 4.69) is 10.6 Å². The predicted octanol–water partition coefficient (Wildman–Crippen LogP) is 5.21. The molecule has 0 radical (unpaired) electrons. The number of carbonyl (C=O) groups excluding carboxylic acids is 2. The van der Waals surface area contributed by atoms with Crippen LogP contribution in [0.4, 0.5) is 21.5 Å². The molecule has 1 heterocycles. The van der Waals surface area contributed by atoms with E-state index in [4.69, 9.17) is 22.1 Å². The fourth-order valence-electron chi connectivity index (χ4n) is 4.57. The molecule has 38 heavy (non-hydrogen) atoms. The second-order valence-electron chi connectivity index (χ2n) is 9.08. The van der Waals surface area contributed by atoms with Crippen molar-refractivity contribution in [2.45, 2.75) is 5.92 Å². The third-order valence-corrected chi connectivity index (χ3v) is 6.87. The number of anilines is 3. The molecule has 0 bridgehead atoms.